The van der Waals surface area contributed by atoms with Gasteiger partial charge < -0.3 is 10.2 Å². The minimum absolute atomic E-state index is 0.133. The van der Waals surface area contributed by atoms with Crippen LogP contribution in [0.4, 0.5) is 5.82 Å². The molecule has 3 rings (SSSR count). The molecule has 1 aromatic heterocycles. The van der Waals surface area contributed by atoms with Crippen LogP contribution in [0, 0.1) is 18.8 Å². The van der Waals surface area contributed by atoms with E-state index in [-0.39, 0.29) is 18.5 Å². The lowest BCUT2D eigenvalue weighted by molar-refractivity contribution is -0.129. The smallest absolute Gasteiger partial charge is 0.237 e. The van der Waals surface area contributed by atoms with Crippen molar-refractivity contribution in [3.05, 3.63) is 18.1 Å². The van der Waals surface area contributed by atoms with Crippen LogP contribution in [0.2, 0.25) is 0 Å². The largest absolute Gasteiger partial charge is 0.365 e. The third-order valence-electron chi connectivity index (χ3n) is 4.54. The summed E-state index contributed by atoms with van der Waals surface area (Å²) in [5.74, 6) is 2.29. The number of amides is 1. The van der Waals surface area contributed by atoms with Crippen molar-refractivity contribution in [3.8, 4) is 0 Å². The number of carbonyl (C=O) groups excluding carboxylic acids is 1. The Labute approximate surface area is 142 Å². The minimum atomic E-state index is -3.36. The van der Waals surface area contributed by atoms with Crippen LogP contribution in [0.15, 0.2) is 12.3 Å². The van der Waals surface area contributed by atoms with E-state index in [1.54, 1.807) is 11.1 Å². The summed E-state index contributed by atoms with van der Waals surface area (Å²) in [6.45, 7) is 2.88. The molecular formula is C15H23N5O3S. The van der Waals surface area contributed by atoms with Crippen LogP contribution in [0.3, 0.4) is 0 Å². The molecule has 1 aliphatic heterocycles. The fourth-order valence-corrected chi connectivity index (χ4v) is 3.60. The monoisotopic (exact) mass is 353 g/mol. The zero-order valence-electron chi connectivity index (χ0n) is 13.9. The van der Waals surface area contributed by atoms with Crippen molar-refractivity contribution >= 4 is 21.7 Å². The third kappa shape index (κ3) is 4.41. The maximum absolute atomic E-state index is 12.3. The minimum Gasteiger partial charge on any atom is -0.365 e. The second-order valence-electron chi connectivity index (χ2n) is 6.63. The van der Waals surface area contributed by atoms with Crippen molar-refractivity contribution in [2.24, 2.45) is 11.8 Å². The Morgan fingerprint density at radius 3 is 2.75 bits per heavy atom. The number of anilines is 1. The summed E-state index contributed by atoms with van der Waals surface area (Å²) in [5.41, 5.74) is 0. The standard InChI is InChI=1S/C15H23N5O3S/c1-10-16-6-5-14(18-10)19-13-9-20(8-12(13)11-3-4-11)15(21)7-17-24(2,22)23/h5-6,11-13,17H,3-4,7-9H2,1-2H3,(H,16,18,19)/t12-,13+/m0/s1. The van der Waals surface area contributed by atoms with Crippen LogP contribution in [0.5, 0.6) is 0 Å². The Morgan fingerprint density at radius 1 is 1.38 bits per heavy atom. The van der Waals surface area contributed by atoms with Crippen molar-refractivity contribution in [2.75, 3.05) is 31.2 Å². The van der Waals surface area contributed by atoms with Crippen molar-refractivity contribution < 1.29 is 13.2 Å². The molecule has 8 nitrogen and oxygen atoms in total. The van der Waals surface area contributed by atoms with Gasteiger partial charge in [0, 0.05) is 31.2 Å². The number of hydrogen-bond donors (Lipinski definition) is 2. The molecule has 0 radical (unpaired) electrons. The number of sulfonamides is 1. The number of aryl methyl sites for hydroxylation is 1. The quantitative estimate of drug-likeness (QED) is 0.745. The molecule has 24 heavy (non-hydrogen) atoms. The van der Waals surface area contributed by atoms with Gasteiger partial charge in [-0.25, -0.2) is 23.1 Å². The second-order valence-corrected chi connectivity index (χ2v) is 8.47. The lowest BCUT2D eigenvalue weighted by atomic mass is 9.98. The van der Waals surface area contributed by atoms with Gasteiger partial charge >= 0.3 is 0 Å². The van der Waals surface area contributed by atoms with Crippen LogP contribution in [0.25, 0.3) is 0 Å². The predicted molar refractivity (Wildman–Crippen MR) is 89.8 cm³/mol. The van der Waals surface area contributed by atoms with Gasteiger partial charge in [0.25, 0.3) is 0 Å². The van der Waals surface area contributed by atoms with E-state index in [0.29, 0.717) is 30.7 Å². The summed E-state index contributed by atoms with van der Waals surface area (Å²) in [4.78, 5) is 22.5. The number of aromatic nitrogens is 2. The van der Waals surface area contributed by atoms with Gasteiger partial charge in [0.2, 0.25) is 15.9 Å². The fourth-order valence-electron chi connectivity index (χ4n) is 3.22. The lowest BCUT2D eigenvalue weighted by Gasteiger charge is -2.19. The predicted octanol–water partition coefficient (Wildman–Crippen LogP) is -0.0169. The van der Waals surface area contributed by atoms with E-state index in [1.807, 2.05) is 13.0 Å². The zero-order valence-corrected chi connectivity index (χ0v) is 14.7. The second kappa shape index (κ2) is 6.64. The number of carbonyl (C=O) groups is 1. The summed E-state index contributed by atoms with van der Waals surface area (Å²) in [5, 5.41) is 3.43. The Balaban J connectivity index is 1.64. The lowest BCUT2D eigenvalue weighted by Crippen LogP contribution is -2.39. The van der Waals surface area contributed by atoms with Gasteiger partial charge in [-0.05, 0) is 31.7 Å². The molecule has 0 spiro atoms. The number of likely N-dealkylation sites (tertiary alicyclic amines) is 1. The zero-order chi connectivity index (χ0) is 17.3. The summed E-state index contributed by atoms with van der Waals surface area (Å²) in [6, 6.07) is 1.96. The van der Waals surface area contributed by atoms with E-state index in [0.717, 1.165) is 12.1 Å². The fraction of sp³-hybridized carbons (Fsp3) is 0.667. The molecule has 0 unspecified atom stereocenters. The first-order chi connectivity index (χ1) is 11.3. The molecule has 1 saturated heterocycles. The molecule has 2 aliphatic rings. The molecule has 0 bridgehead atoms. The van der Waals surface area contributed by atoms with Crippen molar-refractivity contribution in [2.45, 2.75) is 25.8 Å². The summed E-state index contributed by atoms with van der Waals surface area (Å²) in [7, 11) is -3.36. The van der Waals surface area contributed by atoms with Gasteiger partial charge in [0.1, 0.15) is 11.6 Å². The van der Waals surface area contributed by atoms with E-state index in [1.165, 1.54) is 12.8 Å². The Bertz CT molecular complexity index is 720. The number of nitrogens with one attached hydrogen (secondary N) is 2. The first-order valence-electron chi connectivity index (χ1n) is 8.10. The molecule has 1 saturated carbocycles. The maximum Gasteiger partial charge on any atom is 0.237 e. The molecule has 1 aromatic rings. The number of rotatable bonds is 6. The Hall–Kier alpha value is -1.74. The van der Waals surface area contributed by atoms with E-state index in [4.69, 9.17) is 0 Å². The summed E-state index contributed by atoms with van der Waals surface area (Å²) in [6.07, 6.45) is 5.15. The van der Waals surface area contributed by atoms with Crippen LogP contribution < -0.4 is 10.0 Å². The van der Waals surface area contributed by atoms with E-state index in [2.05, 4.69) is 20.0 Å². The van der Waals surface area contributed by atoms with Gasteiger partial charge in [-0.1, -0.05) is 0 Å². The molecule has 9 heteroatoms. The first-order valence-corrected chi connectivity index (χ1v) is 9.99. The highest BCUT2D eigenvalue weighted by molar-refractivity contribution is 7.88. The molecule has 1 aliphatic carbocycles. The Kier molecular flexibility index (Phi) is 4.73. The van der Waals surface area contributed by atoms with Gasteiger partial charge in [0.15, 0.2) is 0 Å². The van der Waals surface area contributed by atoms with Crippen LogP contribution in [-0.2, 0) is 14.8 Å². The van der Waals surface area contributed by atoms with E-state index in [9.17, 15) is 13.2 Å². The van der Waals surface area contributed by atoms with Crippen LogP contribution in [0.1, 0.15) is 18.7 Å². The van der Waals surface area contributed by atoms with Gasteiger partial charge in [-0.2, -0.15) is 0 Å². The van der Waals surface area contributed by atoms with Crippen molar-refractivity contribution in [3.63, 3.8) is 0 Å². The van der Waals surface area contributed by atoms with Gasteiger partial charge in [0.05, 0.1) is 12.8 Å². The molecule has 2 heterocycles. The van der Waals surface area contributed by atoms with Crippen molar-refractivity contribution in [1.82, 2.24) is 19.6 Å². The normalized spacial score (nSPS) is 24.2. The SMILES string of the molecule is Cc1nccc(N[C@@H]2CN(C(=O)CNS(C)(=O)=O)C[C@H]2C2CC2)n1. The van der Waals surface area contributed by atoms with Crippen molar-refractivity contribution in [1.29, 1.82) is 0 Å². The maximum atomic E-state index is 12.3. The van der Waals surface area contributed by atoms with E-state index < -0.39 is 10.0 Å². The van der Waals surface area contributed by atoms with Gasteiger partial charge in [-0.3, -0.25) is 4.79 Å². The highest BCUT2D eigenvalue weighted by atomic mass is 32.2. The molecule has 132 valence electrons. The molecular weight excluding hydrogens is 330 g/mol. The first kappa shape index (κ1) is 17.1. The molecule has 1 amide bonds. The molecule has 0 aromatic carbocycles. The third-order valence-corrected chi connectivity index (χ3v) is 5.21. The number of nitrogens with zero attached hydrogens (tertiary/aromatic N) is 3. The van der Waals surface area contributed by atoms with Crippen LogP contribution in [-0.4, -0.2) is 61.1 Å². The van der Waals surface area contributed by atoms with Gasteiger partial charge in [-0.15, -0.1) is 0 Å². The highest BCUT2D eigenvalue weighted by Crippen LogP contribution is 2.42. The molecule has 2 fully saturated rings. The summed E-state index contributed by atoms with van der Waals surface area (Å²) >= 11 is 0. The average Bonchev–Trinajstić information content (AvgIpc) is 3.25. The Morgan fingerprint density at radius 2 is 2.12 bits per heavy atom. The van der Waals surface area contributed by atoms with E-state index >= 15 is 0 Å². The summed E-state index contributed by atoms with van der Waals surface area (Å²) < 4.78 is 24.6. The topological polar surface area (TPSA) is 104 Å². The number of hydrogen-bond acceptors (Lipinski definition) is 6. The molecule has 2 atom stereocenters. The molecule has 2 N–H and O–H groups in total. The average molecular weight is 353 g/mol. The van der Waals surface area contributed by atoms with Crippen LogP contribution >= 0.6 is 0 Å². The highest BCUT2D eigenvalue weighted by Gasteiger charge is 2.43.